The summed E-state index contributed by atoms with van der Waals surface area (Å²) in [5, 5.41) is 6.71. The number of aromatic nitrogens is 3. The van der Waals surface area contributed by atoms with Gasteiger partial charge in [0.2, 0.25) is 5.88 Å². The number of rotatable bonds is 5. The van der Waals surface area contributed by atoms with Crippen LogP contribution >= 0.6 is 0 Å². The Bertz CT molecular complexity index is 937. The molecule has 0 radical (unpaired) electrons. The number of nitrogens with zero attached hydrogens (tertiary/aromatic N) is 3. The molecule has 0 spiro atoms. The predicted molar refractivity (Wildman–Crippen MR) is 86.8 cm³/mol. The first-order valence-electron chi connectivity index (χ1n) is 7.80. The number of hydrogen-bond acceptors (Lipinski definition) is 4. The van der Waals surface area contributed by atoms with E-state index in [2.05, 4.69) is 15.4 Å². The summed E-state index contributed by atoms with van der Waals surface area (Å²) in [5.74, 6) is -0.112. The van der Waals surface area contributed by atoms with E-state index in [1.54, 1.807) is 12.1 Å². The van der Waals surface area contributed by atoms with Gasteiger partial charge in [0.15, 0.2) is 5.65 Å². The number of hydrogen-bond donors (Lipinski definition) is 1. The van der Waals surface area contributed by atoms with Crippen LogP contribution in [0.2, 0.25) is 0 Å². The summed E-state index contributed by atoms with van der Waals surface area (Å²) in [5.41, 5.74) is 0.147. The van der Waals surface area contributed by atoms with Crippen molar-refractivity contribution in [3.05, 3.63) is 59.4 Å². The summed E-state index contributed by atoms with van der Waals surface area (Å²) in [6, 6.07) is 8.08. The normalized spacial score (nSPS) is 11.5. The van der Waals surface area contributed by atoms with Gasteiger partial charge < -0.3 is 10.1 Å². The van der Waals surface area contributed by atoms with Crippen LogP contribution in [0.3, 0.4) is 0 Å². The lowest BCUT2D eigenvalue weighted by molar-refractivity contribution is -0.137. The molecule has 0 fully saturated rings. The minimum absolute atomic E-state index is 0.0474. The number of amides is 1. The van der Waals surface area contributed by atoms with E-state index in [1.807, 2.05) is 6.92 Å². The lowest BCUT2D eigenvalue weighted by Gasteiger charge is -2.09. The Labute approximate surface area is 146 Å². The van der Waals surface area contributed by atoms with Crippen LogP contribution in [0.1, 0.15) is 28.5 Å². The van der Waals surface area contributed by atoms with Crippen molar-refractivity contribution in [2.45, 2.75) is 19.6 Å². The van der Waals surface area contributed by atoms with Gasteiger partial charge in [0.05, 0.1) is 18.4 Å². The van der Waals surface area contributed by atoms with Gasteiger partial charge in [0.1, 0.15) is 5.69 Å². The van der Waals surface area contributed by atoms with E-state index in [4.69, 9.17) is 4.74 Å². The molecule has 136 valence electrons. The first-order chi connectivity index (χ1) is 12.4. The molecular weight excluding hydrogens is 349 g/mol. The van der Waals surface area contributed by atoms with E-state index in [0.717, 1.165) is 12.1 Å². The Kier molecular flexibility index (Phi) is 4.79. The molecule has 2 heterocycles. The van der Waals surface area contributed by atoms with E-state index >= 15 is 0 Å². The van der Waals surface area contributed by atoms with Crippen LogP contribution in [-0.4, -0.2) is 27.1 Å². The maximum Gasteiger partial charge on any atom is 0.416 e. The first-order valence-corrected chi connectivity index (χ1v) is 7.80. The molecule has 0 atom stereocenters. The van der Waals surface area contributed by atoms with Crippen molar-refractivity contribution in [2.75, 3.05) is 6.61 Å². The molecule has 1 N–H and O–H groups in total. The van der Waals surface area contributed by atoms with Crippen LogP contribution in [-0.2, 0) is 12.7 Å². The summed E-state index contributed by atoms with van der Waals surface area (Å²) in [6.45, 7) is 2.23. The molecule has 0 aliphatic heterocycles. The Morgan fingerprint density at radius 3 is 2.81 bits per heavy atom. The number of carbonyl (C=O) groups excluding carboxylic acids is 1. The van der Waals surface area contributed by atoms with Crippen LogP contribution < -0.4 is 10.1 Å². The maximum atomic E-state index is 12.7. The highest BCUT2D eigenvalue weighted by atomic mass is 19.4. The molecule has 1 amide bonds. The average molecular weight is 364 g/mol. The third kappa shape index (κ3) is 3.93. The lowest BCUT2D eigenvalue weighted by Crippen LogP contribution is -2.23. The number of imidazole rings is 1. The highest BCUT2D eigenvalue weighted by Crippen LogP contribution is 2.29. The van der Waals surface area contributed by atoms with E-state index in [0.29, 0.717) is 23.7 Å². The number of alkyl halides is 3. The van der Waals surface area contributed by atoms with Crippen molar-refractivity contribution in [1.29, 1.82) is 0 Å². The highest BCUT2D eigenvalue weighted by Gasteiger charge is 2.30. The molecule has 2 aromatic heterocycles. The number of halogens is 3. The van der Waals surface area contributed by atoms with Gasteiger partial charge in [-0.25, -0.2) is 9.50 Å². The van der Waals surface area contributed by atoms with Crippen molar-refractivity contribution >= 4 is 11.6 Å². The smallest absolute Gasteiger partial charge is 0.416 e. The molecule has 6 nitrogen and oxygen atoms in total. The van der Waals surface area contributed by atoms with Crippen LogP contribution in [0.15, 0.2) is 42.6 Å². The average Bonchev–Trinajstić information content (AvgIpc) is 3.03. The molecule has 0 bridgehead atoms. The molecule has 0 saturated carbocycles. The van der Waals surface area contributed by atoms with E-state index in [9.17, 15) is 18.0 Å². The van der Waals surface area contributed by atoms with E-state index in [-0.39, 0.29) is 12.2 Å². The van der Waals surface area contributed by atoms with Crippen molar-refractivity contribution in [1.82, 2.24) is 19.9 Å². The molecule has 0 aliphatic rings. The van der Waals surface area contributed by atoms with Crippen molar-refractivity contribution in [3.63, 3.8) is 0 Å². The predicted octanol–water partition coefficient (Wildman–Crippen LogP) is 3.08. The number of carbonyl (C=O) groups is 1. The topological polar surface area (TPSA) is 68.5 Å². The van der Waals surface area contributed by atoms with Gasteiger partial charge in [-0.1, -0.05) is 12.1 Å². The SMILES string of the molecule is CCOc1ccc2nc(C(=O)NCc3cccc(C(F)(F)F)c3)cn2n1. The Morgan fingerprint density at radius 2 is 2.08 bits per heavy atom. The van der Waals surface area contributed by atoms with Crippen LogP contribution in [0, 0.1) is 0 Å². The monoisotopic (exact) mass is 364 g/mol. The van der Waals surface area contributed by atoms with Crippen molar-refractivity contribution in [2.24, 2.45) is 0 Å². The fourth-order valence-electron chi connectivity index (χ4n) is 2.33. The van der Waals surface area contributed by atoms with E-state index in [1.165, 1.54) is 22.8 Å². The molecule has 26 heavy (non-hydrogen) atoms. The van der Waals surface area contributed by atoms with Gasteiger partial charge in [-0.3, -0.25) is 4.79 Å². The zero-order valence-corrected chi connectivity index (χ0v) is 13.7. The fraction of sp³-hybridized carbons (Fsp3) is 0.235. The lowest BCUT2D eigenvalue weighted by atomic mass is 10.1. The first kappa shape index (κ1) is 17.7. The third-order valence-electron chi connectivity index (χ3n) is 3.53. The van der Waals surface area contributed by atoms with Gasteiger partial charge in [0, 0.05) is 12.6 Å². The summed E-state index contributed by atoms with van der Waals surface area (Å²) in [6.07, 6.45) is -3.00. The zero-order valence-electron chi connectivity index (χ0n) is 13.7. The second-order valence-electron chi connectivity index (χ2n) is 5.41. The Balaban J connectivity index is 1.71. The minimum atomic E-state index is -4.43. The Morgan fingerprint density at radius 1 is 1.27 bits per heavy atom. The van der Waals surface area contributed by atoms with Gasteiger partial charge in [-0.2, -0.15) is 13.2 Å². The molecule has 3 aromatic rings. The maximum absolute atomic E-state index is 12.7. The molecule has 0 unspecified atom stereocenters. The summed E-state index contributed by atoms with van der Waals surface area (Å²) >= 11 is 0. The fourth-order valence-corrected chi connectivity index (χ4v) is 2.33. The summed E-state index contributed by atoms with van der Waals surface area (Å²) < 4.78 is 44.8. The largest absolute Gasteiger partial charge is 0.477 e. The van der Waals surface area contributed by atoms with Gasteiger partial charge in [-0.15, -0.1) is 5.10 Å². The van der Waals surface area contributed by atoms with Crippen molar-refractivity contribution < 1.29 is 22.7 Å². The molecule has 1 aromatic carbocycles. The zero-order chi connectivity index (χ0) is 18.7. The number of benzene rings is 1. The van der Waals surface area contributed by atoms with Crippen LogP contribution in [0.4, 0.5) is 13.2 Å². The number of ether oxygens (including phenoxy) is 1. The van der Waals surface area contributed by atoms with E-state index < -0.39 is 17.6 Å². The second kappa shape index (κ2) is 7.03. The molecule has 3 rings (SSSR count). The molecule has 9 heteroatoms. The van der Waals surface area contributed by atoms with Crippen LogP contribution in [0.25, 0.3) is 5.65 Å². The standard InChI is InChI=1S/C17H15F3N4O2/c1-2-26-15-7-6-14-22-13(10-24(14)23-15)16(25)21-9-11-4-3-5-12(8-11)17(18,19)20/h3-8,10H,2,9H2,1H3,(H,21,25). The third-order valence-corrected chi connectivity index (χ3v) is 3.53. The number of nitrogens with one attached hydrogen (secondary N) is 1. The molecule has 0 aliphatic carbocycles. The van der Waals surface area contributed by atoms with Crippen molar-refractivity contribution in [3.8, 4) is 5.88 Å². The quantitative estimate of drug-likeness (QED) is 0.756. The van der Waals surface area contributed by atoms with Crippen LogP contribution in [0.5, 0.6) is 5.88 Å². The van der Waals surface area contributed by atoms with Gasteiger partial charge >= 0.3 is 6.18 Å². The Hall–Kier alpha value is -3.10. The van der Waals surface area contributed by atoms with Gasteiger partial charge in [0.25, 0.3) is 5.91 Å². The molecule has 0 saturated heterocycles. The minimum Gasteiger partial charge on any atom is -0.477 e. The number of fused-ring (bicyclic) bond motifs is 1. The summed E-state index contributed by atoms with van der Waals surface area (Å²) in [7, 11) is 0. The second-order valence-corrected chi connectivity index (χ2v) is 5.41. The molecular formula is C17H15F3N4O2. The summed E-state index contributed by atoms with van der Waals surface area (Å²) in [4.78, 5) is 16.3. The van der Waals surface area contributed by atoms with Gasteiger partial charge in [-0.05, 0) is 30.7 Å². The highest BCUT2D eigenvalue weighted by molar-refractivity contribution is 5.92.